The van der Waals surface area contributed by atoms with E-state index in [0.717, 1.165) is 25.2 Å². The summed E-state index contributed by atoms with van der Waals surface area (Å²) in [5.74, 6) is 0.636. The van der Waals surface area contributed by atoms with Crippen molar-refractivity contribution in [1.29, 1.82) is 0 Å². The monoisotopic (exact) mass is 222 g/mol. The van der Waals surface area contributed by atoms with Crippen LogP contribution in [0.25, 0.3) is 0 Å². The molecule has 2 N–H and O–H groups in total. The standard InChI is InChI=1S/C12H18N2O2/c1-14-6-9(8-15)5-10(7-14)11-3-2-4-12(16)13-11/h2-4,9-10,15H,5-8H2,1H3,(H,13,16)/t9-,10-/m1/s1. The van der Waals surface area contributed by atoms with Gasteiger partial charge in [-0.2, -0.15) is 0 Å². The van der Waals surface area contributed by atoms with E-state index < -0.39 is 0 Å². The van der Waals surface area contributed by atoms with Gasteiger partial charge >= 0.3 is 0 Å². The average molecular weight is 222 g/mol. The van der Waals surface area contributed by atoms with Gasteiger partial charge < -0.3 is 15.0 Å². The Morgan fingerprint density at radius 1 is 1.50 bits per heavy atom. The van der Waals surface area contributed by atoms with Crippen LogP contribution >= 0.6 is 0 Å². The van der Waals surface area contributed by atoms with E-state index in [-0.39, 0.29) is 12.2 Å². The zero-order chi connectivity index (χ0) is 11.5. The molecule has 1 aromatic heterocycles. The maximum absolute atomic E-state index is 11.2. The van der Waals surface area contributed by atoms with Crippen LogP contribution in [-0.2, 0) is 0 Å². The second-order valence-electron chi connectivity index (χ2n) is 4.67. The van der Waals surface area contributed by atoms with Gasteiger partial charge in [-0.3, -0.25) is 4.79 Å². The number of pyridine rings is 1. The fourth-order valence-electron chi connectivity index (χ4n) is 2.50. The maximum atomic E-state index is 11.2. The molecule has 1 aromatic rings. The Labute approximate surface area is 94.9 Å². The Balaban J connectivity index is 2.17. The van der Waals surface area contributed by atoms with Crippen molar-refractivity contribution < 1.29 is 5.11 Å². The number of aliphatic hydroxyl groups excluding tert-OH is 1. The smallest absolute Gasteiger partial charge is 0.248 e. The second-order valence-corrected chi connectivity index (χ2v) is 4.67. The molecule has 0 aliphatic carbocycles. The van der Waals surface area contributed by atoms with Crippen molar-refractivity contribution in [2.24, 2.45) is 5.92 Å². The predicted octanol–water partition coefficient (Wildman–Crippen LogP) is 0.402. The molecule has 0 spiro atoms. The van der Waals surface area contributed by atoms with E-state index in [4.69, 9.17) is 0 Å². The van der Waals surface area contributed by atoms with Crippen molar-refractivity contribution in [3.8, 4) is 0 Å². The number of hydrogen-bond donors (Lipinski definition) is 2. The van der Waals surface area contributed by atoms with E-state index in [1.165, 1.54) is 6.07 Å². The first-order chi connectivity index (χ1) is 7.69. The maximum Gasteiger partial charge on any atom is 0.248 e. The Kier molecular flexibility index (Phi) is 3.41. The lowest BCUT2D eigenvalue weighted by molar-refractivity contribution is 0.124. The van der Waals surface area contributed by atoms with Gasteiger partial charge in [0.05, 0.1) is 0 Å². The second kappa shape index (κ2) is 4.80. The van der Waals surface area contributed by atoms with Crippen LogP contribution in [0.4, 0.5) is 0 Å². The third-order valence-electron chi connectivity index (χ3n) is 3.21. The number of likely N-dealkylation sites (N-methyl/N-ethyl adjacent to an activating group) is 1. The summed E-state index contributed by atoms with van der Waals surface area (Å²) in [7, 11) is 2.05. The summed E-state index contributed by atoms with van der Waals surface area (Å²) in [6, 6.07) is 5.27. The Hall–Kier alpha value is -1.13. The molecule has 1 aliphatic rings. The molecule has 4 heteroatoms. The van der Waals surface area contributed by atoms with Crippen molar-refractivity contribution in [1.82, 2.24) is 9.88 Å². The third kappa shape index (κ3) is 2.51. The zero-order valence-electron chi connectivity index (χ0n) is 9.52. The van der Waals surface area contributed by atoms with Gasteiger partial charge in [0.25, 0.3) is 0 Å². The summed E-state index contributed by atoms with van der Waals surface area (Å²) >= 11 is 0. The largest absolute Gasteiger partial charge is 0.396 e. The highest BCUT2D eigenvalue weighted by Crippen LogP contribution is 2.27. The highest BCUT2D eigenvalue weighted by atomic mass is 16.3. The fraction of sp³-hybridized carbons (Fsp3) is 0.583. The van der Waals surface area contributed by atoms with Gasteiger partial charge in [0.1, 0.15) is 0 Å². The van der Waals surface area contributed by atoms with Crippen LogP contribution in [-0.4, -0.2) is 41.7 Å². The number of rotatable bonds is 2. The van der Waals surface area contributed by atoms with Gasteiger partial charge in [-0.05, 0) is 25.5 Å². The summed E-state index contributed by atoms with van der Waals surface area (Å²) in [4.78, 5) is 16.3. The van der Waals surface area contributed by atoms with Gasteiger partial charge in [0.2, 0.25) is 5.56 Å². The van der Waals surface area contributed by atoms with Crippen molar-refractivity contribution >= 4 is 0 Å². The predicted molar refractivity (Wildman–Crippen MR) is 62.5 cm³/mol. The third-order valence-corrected chi connectivity index (χ3v) is 3.21. The summed E-state index contributed by atoms with van der Waals surface area (Å²) in [6.45, 7) is 2.10. The van der Waals surface area contributed by atoms with Gasteiger partial charge in [-0.15, -0.1) is 0 Å². The van der Waals surface area contributed by atoms with Crippen LogP contribution in [0.2, 0.25) is 0 Å². The Morgan fingerprint density at radius 3 is 3.00 bits per heavy atom. The van der Waals surface area contributed by atoms with Crippen molar-refractivity contribution in [2.75, 3.05) is 26.7 Å². The molecule has 0 aromatic carbocycles. The average Bonchev–Trinajstić information content (AvgIpc) is 2.28. The van der Waals surface area contributed by atoms with Gasteiger partial charge in [0, 0.05) is 37.4 Å². The molecule has 1 aliphatic heterocycles. The molecule has 0 amide bonds. The molecule has 1 saturated heterocycles. The minimum absolute atomic E-state index is 0.0497. The number of H-pyrrole nitrogens is 1. The summed E-state index contributed by atoms with van der Waals surface area (Å²) in [5.41, 5.74) is 0.934. The molecule has 0 radical (unpaired) electrons. The molecule has 88 valence electrons. The number of aliphatic hydroxyl groups is 1. The first-order valence-electron chi connectivity index (χ1n) is 5.67. The van der Waals surface area contributed by atoms with E-state index in [1.54, 1.807) is 6.07 Å². The summed E-state index contributed by atoms with van der Waals surface area (Å²) < 4.78 is 0. The van der Waals surface area contributed by atoms with E-state index in [2.05, 4.69) is 16.9 Å². The number of likely N-dealkylation sites (tertiary alicyclic amines) is 1. The van der Waals surface area contributed by atoms with E-state index >= 15 is 0 Å². The van der Waals surface area contributed by atoms with Crippen LogP contribution in [0, 0.1) is 5.92 Å². The minimum atomic E-state index is -0.0497. The van der Waals surface area contributed by atoms with E-state index in [1.807, 2.05) is 6.07 Å². The molecule has 0 bridgehead atoms. The minimum Gasteiger partial charge on any atom is -0.396 e. The number of nitrogens with one attached hydrogen (secondary N) is 1. The van der Waals surface area contributed by atoms with Crippen molar-refractivity contribution in [2.45, 2.75) is 12.3 Å². The molecule has 2 atom stereocenters. The lowest BCUT2D eigenvalue weighted by atomic mass is 9.87. The molecular formula is C12H18N2O2. The number of hydrogen-bond acceptors (Lipinski definition) is 3. The van der Waals surface area contributed by atoms with Crippen LogP contribution in [0.3, 0.4) is 0 Å². The highest BCUT2D eigenvalue weighted by molar-refractivity contribution is 5.11. The molecule has 1 fully saturated rings. The van der Waals surface area contributed by atoms with Crippen LogP contribution in [0.15, 0.2) is 23.0 Å². The van der Waals surface area contributed by atoms with E-state index in [9.17, 15) is 9.90 Å². The summed E-state index contributed by atoms with van der Waals surface area (Å²) in [5, 5.41) is 9.23. The molecule has 16 heavy (non-hydrogen) atoms. The quantitative estimate of drug-likeness (QED) is 0.761. The van der Waals surface area contributed by atoms with Gasteiger partial charge in [0.15, 0.2) is 0 Å². The number of aromatic nitrogens is 1. The lowest BCUT2D eigenvalue weighted by Gasteiger charge is -2.34. The molecule has 2 rings (SSSR count). The normalized spacial score (nSPS) is 26.9. The zero-order valence-corrected chi connectivity index (χ0v) is 9.52. The van der Waals surface area contributed by atoms with Crippen molar-refractivity contribution in [3.63, 3.8) is 0 Å². The van der Waals surface area contributed by atoms with Gasteiger partial charge in [-0.1, -0.05) is 6.07 Å². The van der Waals surface area contributed by atoms with Gasteiger partial charge in [-0.25, -0.2) is 0 Å². The van der Waals surface area contributed by atoms with E-state index in [0.29, 0.717) is 11.8 Å². The number of nitrogens with zero attached hydrogens (tertiary/aromatic N) is 1. The topological polar surface area (TPSA) is 56.3 Å². The molecule has 2 heterocycles. The highest BCUT2D eigenvalue weighted by Gasteiger charge is 2.26. The lowest BCUT2D eigenvalue weighted by Crippen LogP contribution is -2.38. The van der Waals surface area contributed by atoms with Crippen LogP contribution in [0.5, 0.6) is 0 Å². The summed E-state index contributed by atoms with van der Waals surface area (Å²) in [6.07, 6.45) is 0.945. The molecule has 0 unspecified atom stereocenters. The van der Waals surface area contributed by atoms with Crippen LogP contribution in [0.1, 0.15) is 18.0 Å². The van der Waals surface area contributed by atoms with Crippen LogP contribution < -0.4 is 5.56 Å². The fourth-order valence-corrected chi connectivity index (χ4v) is 2.50. The SMILES string of the molecule is CN1C[C@H](CO)C[C@@H](c2cccc(=O)[nH]2)C1. The number of aromatic amines is 1. The first-order valence-corrected chi connectivity index (χ1v) is 5.67. The molecule has 4 nitrogen and oxygen atoms in total. The Bertz CT molecular complexity index is 402. The Morgan fingerprint density at radius 2 is 2.31 bits per heavy atom. The molecule has 0 saturated carbocycles. The number of piperidine rings is 1. The first kappa shape index (κ1) is 11.4. The van der Waals surface area contributed by atoms with Crippen molar-refractivity contribution in [3.05, 3.63) is 34.2 Å². The molecular weight excluding hydrogens is 204 g/mol.